The van der Waals surface area contributed by atoms with Crippen molar-refractivity contribution in [3.8, 4) is 0 Å². The number of aldehydes is 1. The number of carboxylic acid groups (broad SMARTS) is 1. The SMILES string of the molecule is C[C@H](N)C(=O)N[C@@]1(C=O)C[C@H](O)[C@H]2[C@H](C(=O)O)[C@H]21. The molecule has 0 aromatic rings. The molecular formula is C11H16N2O5. The molecule has 0 heterocycles. The molecule has 1 amide bonds. The summed E-state index contributed by atoms with van der Waals surface area (Å²) in [6.07, 6.45) is -0.298. The van der Waals surface area contributed by atoms with Gasteiger partial charge in [-0.25, -0.2) is 0 Å². The van der Waals surface area contributed by atoms with E-state index in [9.17, 15) is 19.5 Å². The van der Waals surface area contributed by atoms with Crippen molar-refractivity contribution in [1.29, 1.82) is 0 Å². The topological polar surface area (TPSA) is 130 Å². The van der Waals surface area contributed by atoms with Crippen molar-refractivity contribution in [2.45, 2.75) is 31.0 Å². The molecule has 0 spiro atoms. The third-order valence-corrected chi connectivity index (χ3v) is 3.93. The summed E-state index contributed by atoms with van der Waals surface area (Å²) >= 11 is 0. The number of amides is 1. The first-order valence-corrected chi connectivity index (χ1v) is 5.79. The second-order valence-corrected chi connectivity index (χ2v) is 5.17. The van der Waals surface area contributed by atoms with Gasteiger partial charge in [0.25, 0.3) is 0 Å². The van der Waals surface area contributed by atoms with Crippen LogP contribution in [0.25, 0.3) is 0 Å². The second kappa shape index (κ2) is 4.03. The Balaban J connectivity index is 2.21. The fraction of sp³-hybridized carbons (Fsp3) is 0.727. The number of nitrogens with two attached hydrogens (primary N) is 1. The number of hydrogen-bond acceptors (Lipinski definition) is 5. The van der Waals surface area contributed by atoms with Crippen LogP contribution in [0.4, 0.5) is 0 Å². The van der Waals surface area contributed by atoms with Crippen LogP contribution in [-0.4, -0.2) is 46.1 Å². The summed E-state index contributed by atoms with van der Waals surface area (Å²) in [5.74, 6) is -3.34. The van der Waals surface area contributed by atoms with E-state index >= 15 is 0 Å². The van der Waals surface area contributed by atoms with Crippen LogP contribution in [0.2, 0.25) is 0 Å². The number of nitrogens with one attached hydrogen (secondary N) is 1. The second-order valence-electron chi connectivity index (χ2n) is 5.17. The van der Waals surface area contributed by atoms with E-state index in [-0.39, 0.29) is 6.42 Å². The zero-order valence-corrected chi connectivity index (χ0v) is 9.87. The summed E-state index contributed by atoms with van der Waals surface area (Å²) in [6, 6.07) is -0.792. The first-order valence-electron chi connectivity index (χ1n) is 5.79. The van der Waals surface area contributed by atoms with Crippen LogP contribution in [0.3, 0.4) is 0 Å². The molecule has 0 bridgehead atoms. The molecule has 5 N–H and O–H groups in total. The normalized spacial score (nSPS) is 42.8. The van der Waals surface area contributed by atoms with Gasteiger partial charge in [-0.15, -0.1) is 0 Å². The van der Waals surface area contributed by atoms with Gasteiger partial charge in [-0.05, 0) is 6.92 Å². The molecule has 7 nitrogen and oxygen atoms in total. The van der Waals surface area contributed by atoms with E-state index in [1.165, 1.54) is 6.92 Å². The van der Waals surface area contributed by atoms with Crippen molar-refractivity contribution < 1.29 is 24.6 Å². The average molecular weight is 256 g/mol. The van der Waals surface area contributed by atoms with Gasteiger partial charge in [-0.2, -0.15) is 0 Å². The number of rotatable bonds is 4. The van der Waals surface area contributed by atoms with Crippen molar-refractivity contribution >= 4 is 18.2 Å². The van der Waals surface area contributed by atoms with E-state index in [1.807, 2.05) is 0 Å². The molecule has 0 aromatic carbocycles. The van der Waals surface area contributed by atoms with Crippen LogP contribution in [0.15, 0.2) is 0 Å². The Labute approximate surface area is 103 Å². The molecule has 2 fully saturated rings. The monoisotopic (exact) mass is 256 g/mol. The molecule has 0 unspecified atom stereocenters. The van der Waals surface area contributed by atoms with Gasteiger partial charge in [0.15, 0.2) is 0 Å². The Bertz CT molecular complexity index is 410. The maximum atomic E-state index is 11.6. The van der Waals surface area contributed by atoms with Crippen molar-refractivity contribution in [3.05, 3.63) is 0 Å². The van der Waals surface area contributed by atoms with Crippen molar-refractivity contribution in [2.24, 2.45) is 23.5 Å². The number of hydrogen-bond donors (Lipinski definition) is 4. The quantitative estimate of drug-likeness (QED) is 0.435. The number of aliphatic carboxylic acids is 1. The Morgan fingerprint density at radius 3 is 2.56 bits per heavy atom. The van der Waals surface area contributed by atoms with Crippen LogP contribution in [0.5, 0.6) is 0 Å². The minimum Gasteiger partial charge on any atom is -0.481 e. The van der Waals surface area contributed by atoms with E-state index in [2.05, 4.69) is 5.32 Å². The highest BCUT2D eigenvalue weighted by Gasteiger charge is 2.73. The van der Waals surface area contributed by atoms with Crippen LogP contribution in [-0.2, 0) is 14.4 Å². The fourth-order valence-electron chi connectivity index (χ4n) is 3.05. The van der Waals surface area contributed by atoms with Gasteiger partial charge in [0.1, 0.15) is 11.8 Å². The number of carbonyl (C=O) groups is 3. The van der Waals surface area contributed by atoms with E-state index in [0.717, 1.165) is 0 Å². The number of carboxylic acids is 1. The lowest BCUT2D eigenvalue weighted by Gasteiger charge is -2.28. The lowest BCUT2D eigenvalue weighted by atomic mass is 9.90. The lowest BCUT2D eigenvalue weighted by molar-refractivity contribution is -0.141. The fourth-order valence-corrected chi connectivity index (χ4v) is 3.05. The molecule has 7 heteroatoms. The van der Waals surface area contributed by atoms with Gasteiger partial charge in [0.05, 0.1) is 18.1 Å². The molecule has 18 heavy (non-hydrogen) atoms. The zero-order valence-electron chi connectivity index (χ0n) is 9.87. The van der Waals surface area contributed by atoms with Gasteiger partial charge in [-0.1, -0.05) is 0 Å². The number of carbonyl (C=O) groups excluding carboxylic acids is 2. The molecule has 2 saturated carbocycles. The first-order chi connectivity index (χ1) is 8.34. The molecule has 100 valence electrons. The lowest BCUT2D eigenvalue weighted by Crippen LogP contribution is -2.56. The third-order valence-electron chi connectivity index (χ3n) is 3.93. The summed E-state index contributed by atoms with van der Waals surface area (Å²) in [7, 11) is 0. The van der Waals surface area contributed by atoms with Crippen molar-refractivity contribution in [2.75, 3.05) is 0 Å². The predicted octanol–water partition coefficient (Wildman–Crippen LogP) is -1.90. The van der Waals surface area contributed by atoms with Gasteiger partial charge in [0.2, 0.25) is 5.91 Å². The van der Waals surface area contributed by atoms with Crippen LogP contribution >= 0.6 is 0 Å². The first kappa shape index (κ1) is 13.0. The summed E-state index contributed by atoms with van der Waals surface area (Å²) < 4.78 is 0. The molecular weight excluding hydrogens is 240 g/mol. The van der Waals surface area contributed by atoms with Crippen LogP contribution in [0.1, 0.15) is 13.3 Å². The number of fused-ring (bicyclic) bond motifs is 1. The van der Waals surface area contributed by atoms with E-state index in [4.69, 9.17) is 10.8 Å². The highest BCUT2D eigenvalue weighted by atomic mass is 16.4. The third kappa shape index (κ3) is 1.70. The molecule has 2 aliphatic carbocycles. The standard InChI is InChI=1S/C11H16N2O5/c1-4(12)9(16)13-11(3-14)2-5(15)6-7(8(6)11)10(17)18/h3-8,15H,2,12H2,1H3,(H,13,16)(H,17,18)/t4-,5-,6-,7-,8-,11+/m0/s1. The molecule has 0 aliphatic heterocycles. The largest absolute Gasteiger partial charge is 0.481 e. The summed E-state index contributed by atoms with van der Waals surface area (Å²) in [5, 5.41) is 21.2. The van der Waals surface area contributed by atoms with Crippen molar-refractivity contribution in [1.82, 2.24) is 5.32 Å². The van der Waals surface area contributed by atoms with Gasteiger partial charge in [-0.3, -0.25) is 9.59 Å². The van der Waals surface area contributed by atoms with E-state index < -0.39 is 47.3 Å². The molecule has 0 aromatic heterocycles. The Hall–Kier alpha value is -1.47. The smallest absolute Gasteiger partial charge is 0.307 e. The van der Waals surface area contributed by atoms with Crippen LogP contribution in [0, 0.1) is 17.8 Å². The summed E-state index contributed by atoms with van der Waals surface area (Å²) in [4.78, 5) is 33.8. The predicted molar refractivity (Wildman–Crippen MR) is 59.3 cm³/mol. The average Bonchev–Trinajstić information content (AvgIpc) is 2.97. The summed E-state index contributed by atoms with van der Waals surface area (Å²) in [6.45, 7) is 1.47. The molecule has 0 radical (unpaired) electrons. The molecule has 2 aliphatic rings. The maximum absolute atomic E-state index is 11.6. The summed E-state index contributed by atoms with van der Waals surface area (Å²) in [5.41, 5.74) is 4.12. The Kier molecular flexibility index (Phi) is 2.90. The highest BCUT2D eigenvalue weighted by molar-refractivity contribution is 5.88. The van der Waals surface area contributed by atoms with Gasteiger partial charge in [0, 0.05) is 18.3 Å². The van der Waals surface area contributed by atoms with E-state index in [0.29, 0.717) is 6.29 Å². The minimum absolute atomic E-state index is 0.0497. The number of aliphatic hydroxyl groups is 1. The van der Waals surface area contributed by atoms with Gasteiger partial charge < -0.3 is 26.1 Å². The molecule has 6 atom stereocenters. The van der Waals surface area contributed by atoms with Crippen molar-refractivity contribution in [3.63, 3.8) is 0 Å². The maximum Gasteiger partial charge on any atom is 0.307 e. The number of aliphatic hydroxyl groups excluding tert-OH is 1. The Morgan fingerprint density at radius 2 is 2.17 bits per heavy atom. The Morgan fingerprint density at radius 1 is 1.56 bits per heavy atom. The highest BCUT2D eigenvalue weighted by Crippen LogP contribution is 2.61. The van der Waals surface area contributed by atoms with E-state index in [1.54, 1.807) is 0 Å². The zero-order chi connectivity index (χ0) is 13.7. The van der Waals surface area contributed by atoms with Gasteiger partial charge >= 0.3 is 5.97 Å². The molecule has 2 rings (SSSR count). The minimum atomic E-state index is -1.29. The molecule has 0 saturated heterocycles. The van der Waals surface area contributed by atoms with Crippen LogP contribution < -0.4 is 11.1 Å².